The zero-order valence-corrected chi connectivity index (χ0v) is 16.9. The number of nitrogens with zero attached hydrogens (tertiary/aromatic N) is 7. The SMILES string of the molecule is CCc1nc2ccccc2n1C1CCN(c2nnnn2-c2ccc(C)cc2)CC1. The Bertz CT molecular complexity index is 1120. The number of anilines is 1. The molecule has 1 saturated heterocycles. The Morgan fingerprint density at radius 2 is 1.76 bits per heavy atom. The third-order valence-corrected chi connectivity index (χ3v) is 5.83. The van der Waals surface area contributed by atoms with Gasteiger partial charge in [0.2, 0.25) is 5.95 Å². The molecule has 148 valence electrons. The third kappa shape index (κ3) is 3.16. The van der Waals surface area contributed by atoms with Crippen LogP contribution >= 0.6 is 0 Å². The molecule has 0 unspecified atom stereocenters. The first kappa shape index (κ1) is 17.8. The zero-order chi connectivity index (χ0) is 19.8. The van der Waals surface area contributed by atoms with Crippen LogP contribution < -0.4 is 4.90 Å². The molecular formula is C22H25N7. The van der Waals surface area contributed by atoms with Crippen LogP contribution in [0.3, 0.4) is 0 Å². The van der Waals surface area contributed by atoms with E-state index >= 15 is 0 Å². The molecule has 5 rings (SSSR count). The molecule has 1 fully saturated rings. The van der Waals surface area contributed by atoms with E-state index in [0.717, 1.165) is 49.5 Å². The molecule has 4 aromatic rings. The van der Waals surface area contributed by atoms with Gasteiger partial charge < -0.3 is 9.47 Å². The van der Waals surface area contributed by atoms with Crippen LogP contribution in [0.4, 0.5) is 5.95 Å². The summed E-state index contributed by atoms with van der Waals surface area (Å²) in [6, 6.07) is 17.2. The van der Waals surface area contributed by atoms with Crippen LogP contribution in [0.25, 0.3) is 16.7 Å². The Morgan fingerprint density at radius 3 is 2.52 bits per heavy atom. The molecule has 7 nitrogen and oxygen atoms in total. The summed E-state index contributed by atoms with van der Waals surface area (Å²) in [6.45, 7) is 6.11. The smallest absolute Gasteiger partial charge is 0.250 e. The van der Waals surface area contributed by atoms with Crippen molar-refractivity contribution in [3.05, 3.63) is 59.9 Å². The van der Waals surface area contributed by atoms with Crippen molar-refractivity contribution >= 4 is 17.0 Å². The summed E-state index contributed by atoms with van der Waals surface area (Å²) < 4.78 is 4.29. The monoisotopic (exact) mass is 387 g/mol. The average molecular weight is 387 g/mol. The minimum absolute atomic E-state index is 0.456. The summed E-state index contributed by atoms with van der Waals surface area (Å²) in [7, 11) is 0. The number of para-hydroxylation sites is 2. The van der Waals surface area contributed by atoms with Crippen LogP contribution in [0.5, 0.6) is 0 Å². The molecule has 2 aromatic carbocycles. The van der Waals surface area contributed by atoms with Crippen molar-refractivity contribution in [2.75, 3.05) is 18.0 Å². The highest BCUT2D eigenvalue weighted by molar-refractivity contribution is 5.76. The molecule has 0 saturated carbocycles. The van der Waals surface area contributed by atoms with Gasteiger partial charge in [-0.1, -0.05) is 41.9 Å². The highest BCUT2D eigenvalue weighted by atomic mass is 15.6. The fourth-order valence-electron chi connectivity index (χ4n) is 4.31. The molecule has 0 spiro atoms. The predicted octanol–water partition coefficient (Wildman–Crippen LogP) is 3.72. The van der Waals surface area contributed by atoms with Gasteiger partial charge in [0.1, 0.15) is 5.82 Å². The van der Waals surface area contributed by atoms with Crippen molar-refractivity contribution in [3.63, 3.8) is 0 Å². The lowest BCUT2D eigenvalue weighted by Gasteiger charge is -2.33. The second-order valence-corrected chi connectivity index (χ2v) is 7.68. The largest absolute Gasteiger partial charge is 0.339 e. The van der Waals surface area contributed by atoms with Gasteiger partial charge in [-0.05, 0) is 54.5 Å². The summed E-state index contributed by atoms with van der Waals surface area (Å²) in [5.74, 6) is 1.99. The summed E-state index contributed by atoms with van der Waals surface area (Å²) in [5.41, 5.74) is 4.55. The van der Waals surface area contributed by atoms with Crippen molar-refractivity contribution in [1.29, 1.82) is 0 Å². The van der Waals surface area contributed by atoms with Gasteiger partial charge in [0.05, 0.1) is 16.7 Å². The van der Waals surface area contributed by atoms with Gasteiger partial charge in [0.15, 0.2) is 0 Å². The Labute approximate surface area is 170 Å². The van der Waals surface area contributed by atoms with E-state index in [1.165, 1.54) is 16.9 Å². The van der Waals surface area contributed by atoms with Crippen molar-refractivity contribution in [2.24, 2.45) is 0 Å². The van der Waals surface area contributed by atoms with Crippen molar-refractivity contribution in [1.82, 2.24) is 29.8 Å². The number of piperidine rings is 1. The second-order valence-electron chi connectivity index (χ2n) is 7.68. The summed E-state index contributed by atoms with van der Waals surface area (Å²) >= 11 is 0. The number of fused-ring (bicyclic) bond motifs is 1. The maximum atomic E-state index is 4.85. The lowest BCUT2D eigenvalue weighted by Crippen LogP contribution is -2.36. The Balaban J connectivity index is 1.38. The quantitative estimate of drug-likeness (QED) is 0.534. The van der Waals surface area contributed by atoms with E-state index < -0.39 is 0 Å². The molecule has 1 aliphatic heterocycles. The minimum Gasteiger partial charge on any atom is -0.339 e. The van der Waals surface area contributed by atoms with E-state index in [4.69, 9.17) is 4.98 Å². The van der Waals surface area contributed by atoms with Crippen LogP contribution in [0.15, 0.2) is 48.5 Å². The van der Waals surface area contributed by atoms with E-state index in [-0.39, 0.29) is 0 Å². The highest BCUT2D eigenvalue weighted by Gasteiger charge is 2.26. The molecule has 0 N–H and O–H groups in total. The number of hydrogen-bond acceptors (Lipinski definition) is 5. The number of tetrazole rings is 1. The van der Waals surface area contributed by atoms with Gasteiger partial charge in [-0.3, -0.25) is 0 Å². The van der Waals surface area contributed by atoms with Gasteiger partial charge >= 0.3 is 0 Å². The fraction of sp³-hybridized carbons (Fsp3) is 0.364. The first-order chi connectivity index (χ1) is 14.2. The average Bonchev–Trinajstić information content (AvgIpc) is 3.39. The lowest BCUT2D eigenvalue weighted by atomic mass is 10.0. The number of imidazole rings is 1. The summed E-state index contributed by atoms with van der Waals surface area (Å²) in [5, 5.41) is 12.5. The van der Waals surface area contributed by atoms with Crippen LogP contribution in [0.1, 0.15) is 37.2 Å². The predicted molar refractivity (Wildman–Crippen MR) is 113 cm³/mol. The van der Waals surface area contributed by atoms with Crippen LogP contribution in [-0.4, -0.2) is 42.8 Å². The van der Waals surface area contributed by atoms with Gasteiger partial charge in [-0.15, -0.1) is 0 Å². The lowest BCUT2D eigenvalue weighted by molar-refractivity contribution is 0.391. The van der Waals surface area contributed by atoms with Gasteiger partial charge in [-0.25, -0.2) is 4.98 Å². The van der Waals surface area contributed by atoms with Gasteiger partial charge in [0, 0.05) is 25.6 Å². The Hall–Kier alpha value is -3.22. The Morgan fingerprint density at radius 1 is 1.00 bits per heavy atom. The van der Waals surface area contributed by atoms with Gasteiger partial charge in [0.25, 0.3) is 0 Å². The molecule has 2 aromatic heterocycles. The van der Waals surface area contributed by atoms with Gasteiger partial charge in [-0.2, -0.15) is 4.68 Å². The standard InChI is InChI=1S/C22H25N7/c1-3-21-23-19-6-4-5-7-20(19)28(21)17-12-14-27(15-13-17)22-24-25-26-29(22)18-10-8-16(2)9-11-18/h4-11,17H,3,12-15H2,1-2H3. The molecular weight excluding hydrogens is 362 g/mol. The van der Waals surface area contributed by atoms with Crippen molar-refractivity contribution in [3.8, 4) is 5.69 Å². The first-order valence-electron chi connectivity index (χ1n) is 10.3. The maximum Gasteiger partial charge on any atom is 0.250 e. The van der Waals surface area contributed by atoms with E-state index in [0.29, 0.717) is 6.04 Å². The van der Waals surface area contributed by atoms with E-state index in [1.54, 1.807) is 0 Å². The van der Waals surface area contributed by atoms with E-state index in [1.807, 2.05) is 4.68 Å². The number of rotatable bonds is 4. The molecule has 0 amide bonds. The van der Waals surface area contributed by atoms with E-state index in [9.17, 15) is 0 Å². The highest BCUT2D eigenvalue weighted by Crippen LogP contribution is 2.30. The molecule has 0 aliphatic carbocycles. The number of hydrogen-bond donors (Lipinski definition) is 0. The third-order valence-electron chi connectivity index (χ3n) is 5.83. The van der Waals surface area contributed by atoms with Crippen molar-refractivity contribution in [2.45, 2.75) is 39.2 Å². The number of aryl methyl sites for hydroxylation is 2. The molecule has 3 heterocycles. The minimum atomic E-state index is 0.456. The number of aromatic nitrogens is 6. The second kappa shape index (κ2) is 7.31. The molecule has 0 bridgehead atoms. The molecule has 7 heteroatoms. The summed E-state index contributed by atoms with van der Waals surface area (Å²) in [6.07, 6.45) is 3.04. The van der Waals surface area contributed by atoms with Crippen molar-refractivity contribution < 1.29 is 0 Å². The molecule has 1 aliphatic rings. The first-order valence-corrected chi connectivity index (χ1v) is 10.3. The topological polar surface area (TPSA) is 64.7 Å². The molecule has 29 heavy (non-hydrogen) atoms. The fourth-order valence-corrected chi connectivity index (χ4v) is 4.31. The van der Waals surface area contributed by atoms with Crippen LogP contribution in [0.2, 0.25) is 0 Å². The zero-order valence-electron chi connectivity index (χ0n) is 16.9. The van der Waals surface area contributed by atoms with Crippen LogP contribution in [0, 0.1) is 6.92 Å². The Kier molecular flexibility index (Phi) is 4.50. The normalized spacial score (nSPS) is 15.3. The van der Waals surface area contributed by atoms with E-state index in [2.05, 4.69) is 87.4 Å². The van der Waals surface area contributed by atoms with Crippen LogP contribution in [-0.2, 0) is 6.42 Å². The number of benzene rings is 2. The molecule has 0 atom stereocenters. The summed E-state index contributed by atoms with van der Waals surface area (Å²) in [4.78, 5) is 7.14. The maximum absolute atomic E-state index is 4.85. The molecule has 0 radical (unpaired) electrons.